The van der Waals surface area contributed by atoms with Gasteiger partial charge in [0.2, 0.25) is 0 Å². The van der Waals surface area contributed by atoms with Gasteiger partial charge in [-0.3, -0.25) is 4.90 Å². The van der Waals surface area contributed by atoms with Crippen LogP contribution in [-0.2, 0) is 0 Å². The molecule has 15 heavy (non-hydrogen) atoms. The number of nitrogens with two attached hydrogens (primary N) is 1. The molecular formula is C11H22F2N2. The number of nitrogens with zero attached hydrogens (tertiary/aromatic N) is 1. The lowest BCUT2D eigenvalue weighted by Crippen LogP contribution is -2.38. The molecule has 0 aliphatic carbocycles. The summed E-state index contributed by atoms with van der Waals surface area (Å²) in [5.41, 5.74) is 5.46. The fraction of sp³-hybridized carbons (Fsp3) is 1.00. The third-order valence-corrected chi connectivity index (χ3v) is 3.11. The molecule has 2 nitrogen and oxygen atoms in total. The lowest BCUT2D eigenvalue weighted by molar-refractivity contribution is 0.0640. The van der Waals surface area contributed by atoms with Crippen molar-refractivity contribution in [3.63, 3.8) is 0 Å². The van der Waals surface area contributed by atoms with Crippen LogP contribution in [0.5, 0.6) is 0 Å². The van der Waals surface area contributed by atoms with Crippen LogP contribution in [0.4, 0.5) is 8.78 Å². The quantitative estimate of drug-likeness (QED) is 0.770. The van der Waals surface area contributed by atoms with Crippen molar-refractivity contribution in [1.29, 1.82) is 0 Å². The average molecular weight is 220 g/mol. The molecular weight excluding hydrogens is 198 g/mol. The number of alkyl halides is 2. The molecule has 0 radical (unpaired) electrons. The molecule has 1 saturated heterocycles. The Morgan fingerprint density at radius 2 is 2.07 bits per heavy atom. The van der Waals surface area contributed by atoms with Crippen LogP contribution in [0.1, 0.15) is 38.5 Å². The average Bonchev–Trinajstić information content (AvgIpc) is 2.40. The van der Waals surface area contributed by atoms with Crippen molar-refractivity contribution in [1.82, 2.24) is 4.90 Å². The second kappa shape index (κ2) is 7.12. The molecule has 1 fully saturated rings. The first-order valence-corrected chi connectivity index (χ1v) is 5.96. The summed E-state index contributed by atoms with van der Waals surface area (Å²) >= 11 is 0. The molecule has 0 saturated carbocycles. The van der Waals surface area contributed by atoms with E-state index in [1.54, 1.807) is 0 Å². The van der Waals surface area contributed by atoms with Gasteiger partial charge in [0.05, 0.1) is 6.54 Å². The Labute approximate surface area is 90.8 Å². The van der Waals surface area contributed by atoms with Crippen molar-refractivity contribution < 1.29 is 8.78 Å². The summed E-state index contributed by atoms with van der Waals surface area (Å²) in [7, 11) is 0. The fourth-order valence-corrected chi connectivity index (χ4v) is 2.33. The van der Waals surface area contributed by atoms with Crippen molar-refractivity contribution in [2.75, 3.05) is 19.6 Å². The van der Waals surface area contributed by atoms with E-state index in [2.05, 4.69) is 0 Å². The molecule has 2 N–H and O–H groups in total. The molecule has 0 amide bonds. The van der Waals surface area contributed by atoms with Crippen LogP contribution in [0.2, 0.25) is 0 Å². The van der Waals surface area contributed by atoms with Gasteiger partial charge in [-0.1, -0.05) is 12.8 Å². The molecule has 90 valence electrons. The number of likely N-dealkylation sites (tertiary alicyclic amines) is 1. The lowest BCUT2D eigenvalue weighted by Gasteiger charge is -2.29. The van der Waals surface area contributed by atoms with Crippen molar-refractivity contribution in [2.45, 2.75) is 51.0 Å². The van der Waals surface area contributed by atoms with Crippen molar-refractivity contribution in [3.05, 3.63) is 0 Å². The second-order valence-electron chi connectivity index (χ2n) is 4.32. The number of hydrogen-bond acceptors (Lipinski definition) is 2. The van der Waals surface area contributed by atoms with Crippen LogP contribution in [0, 0.1) is 0 Å². The van der Waals surface area contributed by atoms with Crippen LogP contribution in [-0.4, -0.2) is 37.0 Å². The maximum Gasteiger partial charge on any atom is 0.251 e. The lowest BCUT2D eigenvalue weighted by atomic mass is 10.0. The largest absolute Gasteiger partial charge is 0.330 e. The van der Waals surface area contributed by atoms with Gasteiger partial charge in [-0.25, -0.2) is 8.78 Å². The van der Waals surface area contributed by atoms with Gasteiger partial charge >= 0.3 is 0 Å². The number of halogens is 2. The minimum absolute atomic E-state index is 0.0603. The van der Waals surface area contributed by atoms with Crippen LogP contribution in [0.25, 0.3) is 0 Å². The monoisotopic (exact) mass is 220 g/mol. The van der Waals surface area contributed by atoms with E-state index >= 15 is 0 Å². The summed E-state index contributed by atoms with van der Waals surface area (Å²) in [5.74, 6) is 0. The van der Waals surface area contributed by atoms with E-state index in [9.17, 15) is 8.78 Å². The highest BCUT2D eigenvalue weighted by Gasteiger charge is 2.22. The summed E-state index contributed by atoms with van der Waals surface area (Å²) < 4.78 is 24.8. The van der Waals surface area contributed by atoms with Gasteiger partial charge in [0.25, 0.3) is 6.43 Å². The molecule has 1 aliphatic rings. The molecule has 0 aromatic carbocycles. The minimum Gasteiger partial charge on any atom is -0.330 e. The molecule has 0 bridgehead atoms. The first kappa shape index (κ1) is 12.8. The third-order valence-electron chi connectivity index (χ3n) is 3.11. The third kappa shape index (κ3) is 4.89. The normalized spacial score (nSPS) is 24.4. The molecule has 1 heterocycles. The Bertz CT molecular complexity index is 165. The summed E-state index contributed by atoms with van der Waals surface area (Å²) in [6.45, 7) is 1.44. The van der Waals surface area contributed by atoms with Gasteiger partial charge < -0.3 is 5.73 Å². The zero-order chi connectivity index (χ0) is 11.1. The predicted molar refractivity (Wildman–Crippen MR) is 58.1 cm³/mol. The summed E-state index contributed by atoms with van der Waals surface area (Å²) in [5, 5.41) is 0. The van der Waals surface area contributed by atoms with Gasteiger partial charge in [0.1, 0.15) is 0 Å². The highest BCUT2D eigenvalue weighted by molar-refractivity contribution is 4.76. The minimum atomic E-state index is -2.21. The second-order valence-corrected chi connectivity index (χ2v) is 4.32. The molecule has 1 unspecified atom stereocenters. The van der Waals surface area contributed by atoms with E-state index in [-0.39, 0.29) is 6.54 Å². The standard InChI is InChI=1S/C11H22F2N2/c12-11(13)9-15-8-3-1-2-5-10(15)6-4-7-14/h10-11H,1-9,14H2. The molecule has 0 aromatic rings. The van der Waals surface area contributed by atoms with Gasteiger partial charge in [-0.15, -0.1) is 0 Å². The first-order chi connectivity index (χ1) is 7.24. The Kier molecular flexibility index (Phi) is 6.10. The van der Waals surface area contributed by atoms with Gasteiger partial charge in [0, 0.05) is 6.04 Å². The summed E-state index contributed by atoms with van der Waals surface area (Å²) in [4.78, 5) is 1.97. The Hall–Kier alpha value is -0.220. The number of rotatable bonds is 5. The van der Waals surface area contributed by atoms with Crippen LogP contribution in [0.3, 0.4) is 0 Å². The smallest absolute Gasteiger partial charge is 0.251 e. The van der Waals surface area contributed by atoms with E-state index < -0.39 is 6.43 Å². The van der Waals surface area contributed by atoms with E-state index in [4.69, 9.17) is 5.73 Å². The maximum absolute atomic E-state index is 12.4. The molecule has 0 aromatic heterocycles. The molecule has 1 atom stereocenters. The fourth-order valence-electron chi connectivity index (χ4n) is 2.33. The van der Waals surface area contributed by atoms with Gasteiger partial charge in [0.15, 0.2) is 0 Å². The molecule has 1 aliphatic heterocycles. The van der Waals surface area contributed by atoms with Crippen LogP contribution < -0.4 is 5.73 Å². The Morgan fingerprint density at radius 1 is 1.27 bits per heavy atom. The van der Waals surface area contributed by atoms with Crippen LogP contribution >= 0.6 is 0 Å². The van der Waals surface area contributed by atoms with Crippen molar-refractivity contribution in [3.8, 4) is 0 Å². The highest BCUT2D eigenvalue weighted by Crippen LogP contribution is 2.21. The van der Waals surface area contributed by atoms with E-state index in [1.807, 2.05) is 4.90 Å². The Balaban J connectivity index is 2.43. The molecule has 0 spiro atoms. The number of hydrogen-bond donors (Lipinski definition) is 1. The van der Waals surface area contributed by atoms with E-state index in [0.29, 0.717) is 12.6 Å². The zero-order valence-corrected chi connectivity index (χ0v) is 9.30. The van der Waals surface area contributed by atoms with E-state index in [1.165, 1.54) is 12.8 Å². The maximum atomic E-state index is 12.4. The van der Waals surface area contributed by atoms with Crippen molar-refractivity contribution in [2.24, 2.45) is 5.73 Å². The topological polar surface area (TPSA) is 29.3 Å². The van der Waals surface area contributed by atoms with Crippen molar-refractivity contribution >= 4 is 0 Å². The van der Waals surface area contributed by atoms with Gasteiger partial charge in [-0.05, 0) is 38.8 Å². The summed E-state index contributed by atoms with van der Waals surface area (Å²) in [6, 6.07) is 0.338. The predicted octanol–water partition coefficient (Wildman–Crippen LogP) is 2.24. The first-order valence-electron chi connectivity index (χ1n) is 5.96. The Morgan fingerprint density at radius 3 is 2.73 bits per heavy atom. The van der Waals surface area contributed by atoms with Gasteiger partial charge in [-0.2, -0.15) is 0 Å². The zero-order valence-electron chi connectivity index (χ0n) is 9.30. The molecule has 4 heteroatoms. The SMILES string of the molecule is NCCCC1CCCCCN1CC(F)F. The van der Waals surface area contributed by atoms with E-state index in [0.717, 1.165) is 32.2 Å². The molecule has 1 rings (SSSR count). The van der Waals surface area contributed by atoms with Crippen LogP contribution in [0.15, 0.2) is 0 Å². The highest BCUT2D eigenvalue weighted by atomic mass is 19.3. The summed E-state index contributed by atoms with van der Waals surface area (Å²) in [6.07, 6.45) is 4.20.